The molecule has 2 unspecified atom stereocenters. The number of rotatable bonds is 11. The summed E-state index contributed by atoms with van der Waals surface area (Å²) in [5.74, 6) is 0.846. The number of ether oxygens (including phenoxy) is 1. The second-order valence-electron chi connectivity index (χ2n) is 9.36. The first-order valence-corrected chi connectivity index (χ1v) is 12.5. The number of carbonyl (C=O) groups excluding carboxylic acids is 4. The van der Waals surface area contributed by atoms with Gasteiger partial charge in [0.05, 0.1) is 32.4 Å². The first-order chi connectivity index (χ1) is 17.5. The summed E-state index contributed by atoms with van der Waals surface area (Å²) in [6.45, 7) is 0.875. The van der Waals surface area contributed by atoms with Gasteiger partial charge in [0.1, 0.15) is 17.8 Å². The first-order valence-electron chi connectivity index (χ1n) is 12.5. The Morgan fingerprint density at radius 3 is 2.78 bits per heavy atom. The number of hydrogen-bond acceptors (Lipinski definition) is 6. The molecule has 2 aromatic rings. The predicted octanol–water partition coefficient (Wildman–Crippen LogP) is 3.91. The van der Waals surface area contributed by atoms with Gasteiger partial charge >= 0.3 is 6.03 Å². The van der Waals surface area contributed by atoms with Crippen molar-refractivity contribution in [1.82, 2.24) is 15.1 Å². The van der Waals surface area contributed by atoms with Crippen LogP contribution in [0.15, 0.2) is 41.0 Å². The molecule has 192 valence electrons. The molecule has 1 aromatic carbocycles. The van der Waals surface area contributed by atoms with Gasteiger partial charge in [0, 0.05) is 30.1 Å². The minimum Gasteiger partial charge on any atom is -0.496 e. The van der Waals surface area contributed by atoms with E-state index in [4.69, 9.17) is 9.15 Å². The quantitative estimate of drug-likeness (QED) is 0.374. The van der Waals surface area contributed by atoms with E-state index in [-0.39, 0.29) is 42.9 Å². The van der Waals surface area contributed by atoms with Crippen molar-refractivity contribution in [1.29, 1.82) is 0 Å². The third kappa shape index (κ3) is 5.78. The highest BCUT2D eigenvalue weighted by Gasteiger charge is 2.46. The van der Waals surface area contributed by atoms with E-state index in [2.05, 4.69) is 5.32 Å². The Morgan fingerprint density at radius 1 is 1.19 bits per heavy atom. The van der Waals surface area contributed by atoms with Crippen LogP contribution in [0.3, 0.4) is 0 Å². The maximum atomic E-state index is 13.5. The van der Waals surface area contributed by atoms with Crippen molar-refractivity contribution < 1.29 is 28.3 Å². The molecule has 0 spiro atoms. The number of urea groups is 1. The fourth-order valence-corrected chi connectivity index (χ4v) is 5.18. The summed E-state index contributed by atoms with van der Waals surface area (Å²) < 4.78 is 10.7. The third-order valence-corrected chi connectivity index (χ3v) is 7.05. The highest BCUT2D eigenvalue weighted by Crippen LogP contribution is 2.36. The van der Waals surface area contributed by atoms with Gasteiger partial charge in [-0.3, -0.25) is 19.3 Å². The molecule has 4 rings (SSSR count). The van der Waals surface area contributed by atoms with E-state index in [9.17, 15) is 19.2 Å². The van der Waals surface area contributed by atoms with Crippen LogP contribution in [0.25, 0.3) is 0 Å². The molecule has 2 fully saturated rings. The molecule has 9 nitrogen and oxygen atoms in total. The van der Waals surface area contributed by atoms with E-state index < -0.39 is 0 Å². The SMILES string of the molecule is COc1ccc(C=O)cc1CN1C(=O)N(CCCCC(=O)NCc2ccco2)C(=O)C2CCCCC21. The van der Waals surface area contributed by atoms with Crippen LogP contribution < -0.4 is 10.1 Å². The van der Waals surface area contributed by atoms with Crippen molar-refractivity contribution in [2.45, 2.75) is 64.1 Å². The van der Waals surface area contributed by atoms with Crippen molar-refractivity contribution >= 4 is 24.1 Å². The number of carbonyl (C=O) groups is 4. The lowest BCUT2D eigenvalue weighted by Gasteiger charge is -2.47. The summed E-state index contributed by atoms with van der Waals surface area (Å²) in [4.78, 5) is 53.4. The maximum Gasteiger partial charge on any atom is 0.327 e. The summed E-state index contributed by atoms with van der Waals surface area (Å²) in [6, 6.07) is 8.23. The van der Waals surface area contributed by atoms with Gasteiger partial charge in [-0.1, -0.05) is 12.8 Å². The van der Waals surface area contributed by atoms with Gasteiger partial charge in [-0.05, 0) is 56.0 Å². The molecule has 1 aliphatic heterocycles. The molecule has 2 atom stereocenters. The molecule has 1 aromatic heterocycles. The lowest BCUT2D eigenvalue weighted by molar-refractivity contribution is -0.140. The molecule has 1 N–H and O–H groups in total. The number of aldehydes is 1. The van der Waals surface area contributed by atoms with Crippen LogP contribution in [0.5, 0.6) is 5.75 Å². The lowest BCUT2D eigenvalue weighted by atomic mass is 9.81. The van der Waals surface area contributed by atoms with Gasteiger partial charge in [0.25, 0.3) is 0 Å². The molecular weight excluding hydrogens is 462 g/mol. The molecule has 4 amide bonds. The molecular formula is C27H33N3O6. The number of benzene rings is 1. The number of hydrogen-bond donors (Lipinski definition) is 1. The standard InChI is InChI=1S/C27H33N3O6/c1-35-24-12-11-19(18-31)15-20(24)17-30-23-9-3-2-8-22(23)26(33)29(27(30)34)13-5-4-10-25(32)28-16-21-7-6-14-36-21/h6-7,11-12,14-15,18,22-23H,2-5,8-10,13,16-17H2,1H3,(H,28,32). The van der Waals surface area contributed by atoms with E-state index in [1.54, 1.807) is 48.6 Å². The van der Waals surface area contributed by atoms with Crippen molar-refractivity contribution in [2.75, 3.05) is 13.7 Å². The zero-order chi connectivity index (χ0) is 25.5. The van der Waals surface area contributed by atoms with Crippen LogP contribution in [0.2, 0.25) is 0 Å². The average Bonchev–Trinajstić information content (AvgIpc) is 3.43. The van der Waals surface area contributed by atoms with Crippen molar-refractivity contribution in [3.8, 4) is 5.75 Å². The van der Waals surface area contributed by atoms with Gasteiger partial charge < -0.3 is 19.4 Å². The summed E-state index contributed by atoms with van der Waals surface area (Å²) in [5, 5.41) is 2.81. The van der Waals surface area contributed by atoms with Crippen molar-refractivity contribution in [3.63, 3.8) is 0 Å². The normalized spacial score (nSPS) is 19.7. The van der Waals surface area contributed by atoms with Crippen LogP contribution >= 0.6 is 0 Å². The van der Waals surface area contributed by atoms with Gasteiger partial charge in [0.2, 0.25) is 11.8 Å². The number of amides is 4. The van der Waals surface area contributed by atoms with Crippen LogP contribution in [-0.2, 0) is 22.7 Å². The summed E-state index contributed by atoms with van der Waals surface area (Å²) >= 11 is 0. The average molecular weight is 496 g/mol. The molecule has 0 bridgehead atoms. The highest BCUT2D eigenvalue weighted by molar-refractivity contribution is 5.98. The van der Waals surface area contributed by atoms with Crippen LogP contribution in [0.4, 0.5) is 4.79 Å². The third-order valence-electron chi connectivity index (χ3n) is 7.05. The summed E-state index contributed by atoms with van der Waals surface area (Å²) in [7, 11) is 1.56. The van der Waals surface area contributed by atoms with Crippen LogP contribution in [0, 0.1) is 5.92 Å². The van der Waals surface area contributed by atoms with Gasteiger partial charge in [0.15, 0.2) is 0 Å². The van der Waals surface area contributed by atoms with E-state index >= 15 is 0 Å². The number of methoxy groups -OCH3 is 1. The number of imide groups is 1. The number of nitrogens with one attached hydrogen (secondary N) is 1. The van der Waals surface area contributed by atoms with Crippen LogP contribution in [0.1, 0.15) is 66.6 Å². The molecule has 1 saturated carbocycles. The molecule has 1 aliphatic carbocycles. The fourth-order valence-electron chi connectivity index (χ4n) is 5.18. The Balaban J connectivity index is 1.39. The first kappa shape index (κ1) is 25.5. The topological polar surface area (TPSA) is 109 Å². The van der Waals surface area contributed by atoms with Crippen molar-refractivity contribution in [2.24, 2.45) is 5.92 Å². The summed E-state index contributed by atoms with van der Waals surface area (Å²) in [5.41, 5.74) is 1.25. The Kier molecular flexibility index (Phi) is 8.40. The van der Waals surface area contributed by atoms with Gasteiger partial charge in [-0.25, -0.2) is 4.79 Å². The Bertz CT molecular complexity index is 1080. The molecule has 1 saturated heterocycles. The van der Waals surface area contributed by atoms with E-state index in [1.165, 1.54) is 4.90 Å². The minimum absolute atomic E-state index is 0.0983. The Hall–Kier alpha value is -3.62. The summed E-state index contributed by atoms with van der Waals surface area (Å²) in [6.07, 6.45) is 7.20. The smallest absolute Gasteiger partial charge is 0.327 e. The number of furan rings is 1. The second kappa shape index (κ2) is 11.9. The number of nitrogens with zero attached hydrogens (tertiary/aromatic N) is 2. The molecule has 36 heavy (non-hydrogen) atoms. The predicted molar refractivity (Wildman–Crippen MR) is 131 cm³/mol. The van der Waals surface area contributed by atoms with Crippen LogP contribution in [-0.4, -0.2) is 53.6 Å². The van der Waals surface area contributed by atoms with E-state index in [0.717, 1.165) is 37.5 Å². The fraction of sp³-hybridized carbons (Fsp3) is 0.481. The Labute approximate surface area is 210 Å². The second-order valence-corrected chi connectivity index (χ2v) is 9.36. The van der Waals surface area contributed by atoms with Gasteiger partial charge in [-0.15, -0.1) is 0 Å². The number of unbranched alkanes of at least 4 members (excludes halogenated alkanes) is 1. The molecule has 2 heterocycles. The van der Waals surface area contributed by atoms with E-state index in [0.29, 0.717) is 42.9 Å². The Morgan fingerprint density at radius 2 is 2.03 bits per heavy atom. The maximum absolute atomic E-state index is 13.5. The molecule has 2 aliphatic rings. The molecule has 9 heteroatoms. The van der Waals surface area contributed by atoms with Gasteiger partial charge in [-0.2, -0.15) is 0 Å². The highest BCUT2D eigenvalue weighted by atomic mass is 16.5. The minimum atomic E-state index is -0.316. The van der Waals surface area contributed by atoms with E-state index in [1.807, 2.05) is 0 Å². The van der Waals surface area contributed by atoms with Crippen molar-refractivity contribution in [3.05, 3.63) is 53.5 Å². The zero-order valence-corrected chi connectivity index (χ0v) is 20.6. The number of fused-ring (bicyclic) bond motifs is 1. The lowest BCUT2D eigenvalue weighted by Crippen LogP contribution is -2.62. The molecule has 0 radical (unpaired) electrons. The largest absolute Gasteiger partial charge is 0.496 e. The monoisotopic (exact) mass is 495 g/mol. The zero-order valence-electron chi connectivity index (χ0n) is 20.6.